The van der Waals surface area contributed by atoms with Crippen LogP contribution in [-0.4, -0.2) is 30.7 Å². The summed E-state index contributed by atoms with van der Waals surface area (Å²) in [7, 11) is 0. The van der Waals surface area contributed by atoms with Crippen molar-refractivity contribution in [1.82, 2.24) is 5.43 Å². The van der Waals surface area contributed by atoms with Crippen LogP contribution in [0.2, 0.25) is 10.0 Å². The minimum absolute atomic E-state index is 0.0375. The third-order valence-corrected chi connectivity index (χ3v) is 5.91. The van der Waals surface area contributed by atoms with Crippen LogP contribution in [0, 0.1) is 6.92 Å². The molecule has 0 aromatic heterocycles. The third kappa shape index (κ3) is 7.92. The monoisotopic (exact) mass is 576 g/mol. The van der Waals surface area contributed by atoms with Crippen LogP contribution in [-0.2, 0) is 4.79 Å². The first kappa shape index (κ1) is 28.4. The van der Waals surface area contributed by atoms with Gasteiger partial charge in [0.1, 0.15) is 17.2 Å². The second-order valence-corrected chi connectivity index (χ2v) is 9.21. The van der Waals surface area contributed by atoms with E-state index in [1.807, 2.05) is 25.1 Å². The first-order valence-corrected chi connectivity index (χ1v) is 12.6. The van der Waals surface area contributed by atoms with Crippen molar-refractivity contribution >= 4 is 47.3 Å². The fourth-order valence-corrected chi connectivity index (χ4v) is 3.59. The van der Waals surface area contributed by atoms with Crippen molar-refractivity contribution in [2.45, 2.75) is 6.92 Å². The summed E-state index contributed by atoms with van der Waals surface area (Å²) >= 11 is 11.8. The topological polar surface area (TPSA) is 103 Å². The smallest absolute Gasteiger partial charge is 0.343 e. The molecule has 40 heavy (non-hydrogen) atoms. The van der Waals surface area contributed by atoms with Crippen molar-refractivity contribution < 1.29 is 28.6 Å². The number of esters is 2. The Balaban J connectivity index is 1.49. The van der Waals surface area contributed by atoms with E-state index in [0.717, 1.165) is 5.56 Å². The van der Waals surface area contributed by atoms with Gasteiger partial charge in [-0.2, -0.15) is 5.10 Å². The van der Waals surface area contributed by atoms with Gasteiger partial charge in [0.2, 0.25) is 0 Å². The summed E-state index contributed by atoms with van der Waals surface area (Å²) < 4.78 is 16.5. The Morgan fingerprint density at radius 3 is 2.00 bits per heavy atom. The minimum atomic E-state index is -0.678. The fraction of sp³-hybridized carbons (Fsp3) is 0.0667. The van der Waals surface area contributed by atoms with Crippen LogP contribution in [0.15, 0.2) is 96.1 Å². The average Bonchev–Trinajstić information content (AvgIpc) is 2.94. The molecular formula is C30H22Cl2N2O6. The largest absolute Gasteiger partial charge is 0.483 e. The lowest BCUT2D eigenvalue weighted by atomic mass is 10.2. The summed E-state index contributed by atoms with van der Waals surface area (Å²) in [6.45, 7) is 1.62. The number of aryl methyl sites for hydroxylation is 1. The second kappa shape index (κ2) is 13.4. The molecular weight excluding hydrogens is 555 g/mol. The summed E-state index contributed by atoms with van der Waals surface area (Å²) in [6.07, 6.45) is 1.29. The van der Waals surface area contributed by atoms with Crippen molar-refractivity contribution in [3.63, 3.8) is 0 Å². The molecule has 0 fully saturated rings. The van der Waals surface area contributed by atoms with Crippen LogP contribution in [0.4, 0.5) is 0 Å². The zero-order valence-electron chi connectivity index (χ0n) is 21.1. The van der Waals surface area contributed by atoms with Gasteiger partial charge in [-0.15, -0.1) is 0 Å². The van der Waals surface area contributed by atoms with E-state index in [0.29, 0.717) is 21.4 Å². The predicted octanol–water partition coefficient (Wildman–Crippen LogP) is 6.27. The van der Waals surface area contributed by atoms with Crippen molar-refractivity contribution in [1.29, 1.82) is 0 Å². The van der Waals surface area contributed by atoms with Gasteiger partial charge in [-0.25, -0.2) is 15.0 Å². The molecule has 0 atom stereocenters. The van der Waals surface area contributed by atoms with Crippen LogP contribution >= 0.6 is 23.2 Å². The van der Waals surface area contributed by atoms with Crippen molar-refractivity contribution in [3.8, 4) is 17.2 Å². The molecule has 0 radical (unpaired) electrons. The number of carbonyl (C=O) groups is 3. The summed E-state index contributed by atoms with van der Waals surface area (Å²) in [6, 6.07) is 24.0. The lowest BCUT2D eigenvalue weighted by Crippen LogP contribution is -2.24. The zero-order valence-corrected chi connectivity index (χ0v) is 22.6. The molecule has 0 aliphatic rings. The lowest BCUT2D eigenvalue weighted by Gasteiger charge is -2.11. The quantitative estimate of drug-likeness (QED) is 0.109. The molecule has 1 N–H and O–H groups in total. The maximum atomic E-state index is 12.8. The van der Waals surface area contributed by atoms with Gasteiger partial charge >= 0.3 is 11.9 Å². The second-order valence-electron chi connectivity index (χ2n) is 8.34. The first-order chi connectivity index (χ1) is 19.3. The number of carbonyl (C=O) groups excluding carboxylic acids is 3. The van der Waals surface area contributed by atoms with Crippen molar-refractivity contribution in [2.75, 3.05) is 6.61 Å². The number of hydrazone groups is 1. The summed E-state index contributed by atoms with van der Waals surface area (Å²) in [5.74, 6) is -1.06. The number of nitrogens with one attached hydrogen (secondary N) is 1. The highest BCUT2D eigenvalue weighted by molar-refractivity contribution is 6.31. The normalized spacial score (nSPS) is 10.7. The number of benzene rings is 4. The van der Waals surface area contributed by atoms with E-state index >= 15 is 0 Å². The molecule has 10 heteroatoms. The predicted molar refractivity (Wildman–Crippen MR) is 152 cm³/mol. The van der Waals surface area contributed by atoms with Crippen LogP contribution in [0.1, 0.15) is 31.8 Å². The molecule has 8 nitrogen and oxygen atoms in total. The Hall–Kier alpha value is -4.66. The highest BCUT2D eigenvalue weighted by Gasteiger charge is 2.15. The van der Waals surface area contributed by atoms with Gasteiger partial charge in [-0.3, -0.25) is 4.79 Å². The maximum absolute atomic E-state index is 12.8. The highest BCUT2D eigenvalue weighted by atomic mass is 35.5. The van der Waals surface area contributed by atoms with Crippen molar-refractivity contribution in [2.24, 2.45) is 5.10 Å². The van der Waals surface area contributed by atoms with Gasteiger partial charge in [-0.05, 0) is 79.2 Å². The number of halogens is 2. The van der Waals surface area contributed by atoms with Crippen LogP contribution in [0.25, 0.3) is 0 Å². The number of para-hydroxylation sites is 1. The summed E-state index contributed by atoms with van der Waals surface area (Å²) in [5.41, 5.74) is 4.12. The molecule has 1 amide bonds. The molecule has 0 aliphatic heterocycles. The molecule has 0 unspecified atom stereocenters. The molecule has 0 heterocycles. The Morgan fingerprint density at radius 1 is 0.775 bits per heavy atom. The molecule has 0 spiro atoms. The van der Waals surface area contributed by atoms with Gasteiger partial charge in [0, 0.05) is 21.7 Å². The van der Waals surface area contributed by atoms with Crippen LogP contribution in [0.3, 0.4) is 0 Å². The van der Waals surface area contributed by atoms with Crippen LogP contribution < -0.4 is 19.6 Å². The van der Waals surface area contributed by atoms with E-state index in [-0.39, 0.29) is 29.2 Å². The van der Waals surface area contributed by atoms with Gasteiger partial charge in [-0.1, -0.05) is 41.4 Å². The minimum Gasteiger partial charge on any atom is -0.483 e. The van der Waals surface area contributed by atoms with Gasteiger partial charge in [0.25, 0.3) is 5.91 Å². The van der Waals surface area contributed by atoms with E-state index in [1.54, 1.807) is 30.3 Å². The number of nitrogens with zero attached hydrogens (tertiary/aromatic N) is 1. The summed E-state index contributed by atoms with van der Waals surface area (Å²) in [5, 5.41) is 4.88. The lowest BCUT2D eigenvalue weighted by molar-refractivity contribution is -0.123. The molecule has 0 saturated heterocycles. The van der Waals surface area contributed by atoms with E-state index in [9.17, 15) is 14.4 Å². The van der Waals surface area contributed by atoms with E-state index < -0.39 is 17.8 Å². The SMILES string of the molecule is Cc1ccccc1OCC(=O)NN=Cc1ccc(OC(=O)c2ccc(Cl)cc2)cc1OC(=O)c1ccc(Cl)cc1. The van der Waals surface area contributed by atoms with Gasteiger partial charge in [0.05, 0.1) is 17.3 Å². The highest BCUT2D eigenvalue weighted by Crippen LogP contribution is 2.26. The van der Waals surface area contributed by atoms with E-state index in [1.165, 1.54) is 48.7 Å². The van der Waals surface area contributed by atoms with E-state index in [2.05, 4.69) is 10.5 Å². The number of ether oxygens (including phenoxy) is 3. The Labute approximate surface area is 240 Å². The molecule has 0 saturated carbocycles. The van der Waals surface area contributed by atoms with Crippen molar-refractivity contribution in [3.05, 3.63) is 123 Å². The molecule has 202 valence electrons. The third-order valence-electron chi connectivity index (χ3n) is 5.40. The Kier molecular flexibility index (Phi) is 9.51. The number of hydrogen-bond acceptors (Lipinski definition) is 7. The Bertz CT molecular complexity index is 1550. The van der Waals surface area contributed by atoms with Crippen LogP contribution in [0.5, 0.6) is 17.2 Å². The van der Waals surface area contributed by atoms with Gasteiger partial charge in [0.15, 0.2) is 6.61 Å². The number of rotatable bonds is 9. The number of hydrogen-bond donors (Lipinski definition) is 1. The number of amides is 1. The van der Waals surface area contributed by atoms with Gasteiger partial charge < -0.3 is 14.2 Å². The standard InChI is InChI=1S/C30H22Cl2N2O6/c1-19-4-2-3-5-26(19)38-18-28(35)34-33-17-22-10-15-25(39-29(36)20-6-11-23(31)12-7-20)16-27(22)40-30(37)21-8-13-24(32)14-9-21/h2-17H,18H2,1H3,(H,34,35). The molecule has 0 aliphatic carbocycles. The fourth-order valence-electron chi connectivity index (χ4n) is 3.34. The zero-order chi connectivity index (χ0) is 28.5. The summed E-state index contributed by atoms with van der Waals surface area (Å²) in [4.78, 5) is 37.5. The molecule has 4 aromatic rings. The maximum Gasteiger partial charge on any atom is 0.343 e. The molecule has 0 bridgehead atoms. The first-order valence-electron chi connectivity index (χ1n) is 11.9. The van der Waals surface area contributed by atoms with E-state index in [4.69, 9.17) is 37.4 Å². The Morgan fingerprint density at radius 2 is 1.38 bits per heavy atom. The molecule has 4 rings (SSSR count). The molecule has 4 aromatic carbocycles. The average molecular weight is 577 g/mol.